The fourth-order valence-electron chi connectivity index (χ4n) is 1.65. The van der Waals surface area contributed by atoms with Crippen LogP contribution in [0.5, 0.6) is 0 Å². The minimum atomic E-state index is -5.17. The number of aromatic nitrogens is 2. The fraction of sp³-hybridized carbons (Fsp3) is 0. The Kier molecular flexibility index (Phi) is 4.58. The van der Waals surface area contributed by atoms with Crippen LogP contribution in [0.2, 0.25) is 0 Å². The Labute approximate surface area is 141 Å². The van der Waals surface area contributed by atoms with E-state index in [2.05, 4.69) is 20.2 Å². The van der Waals surface area contributed by atoms with Crippen molar-refractivity contribution < 1.29 is 25.9 Å². The molecule has 0 fully saturated rings. The van der Waals surface area contributed by atoms with Crippen LogP contribution in [-0.2, 0) is 20.2 Å². The van der Waals surface area contributed by atoms with Gasteiger partial charge in [-0.05, 0) is 18.2 Å². The van der Waals surface area contributed by atoms with Crippen molar-refractivity contribution in [1.29, 1.82) is 0 Å². The Morgan fingerprint density at radius 1 is 0.880 bits per heavy atom. The quantitative estimate of drug-likeness (QED) is 0.443. The minimum absolute atomic E-state index is 0.234. The summed E-state index contributed by atoms with van der Waals surface area (Å²) in [6.45, 7) is 0. The van der Waals surface area contributed by atoms with Gasteiger partial charge >= 0.3 is 0 Å². The summed E-state index contributed by atoms with van der Waals surface area (Å²) in [6, 6.07) is 1.95. The van der Waals surface area contributed by atoms with Gasteiger partial charge in [-0.25, -0.2) is 16.8 Å². The van der Waals surface area contributed by atoms with Gasteiger partial charge in [0.1, 0.15) is 25.9 Å². The summed E-state index contributed by atoms with van der Waals surface area (Å²) in [5.74, 6) is -0.764. The zero-order valence-electron chi connectivity index (χ0n) is 12.0. The zero-order valence-corrected chi connectivity index (χ0v) is 13.7. The molecule has 2 rings (SSSR count). The molecular weight excluding hydrogens is 378 g/mol. The van der Waals surface area contributed by atoms with Gasteiger partial charge in [0.25, 0.3) is 0 Å². The van der Waals surface area contributed by atoms with Crippen molar-refractivity contribution in [3.05, 3.63) is 18.2 Å². The lowest BCUT2D eigenvalue weighted by Gasteiger charge is -2.13. The van der Waals surface area contributed by atoms with E-state index in [-0.39, 0.29) is 23.3 Å². The smallest absolute Gasteiger partial charge is 0.224 e. The second kappa shape index (κ2) is 6.20. The normalized spacial score (nSPS) is 12.6. The van der Waals surface area contributed by atoms with Crippen LogP contribution in [0.15, 0.2) is 38.2 Å². The van der Waals surface area contributed by atoms with E-state index < -0.39 is 35.7 Å². The van der Waals surface area contributed by atoms with Gasteiger partial charge in [-0.15, -0.1) is 10.2 Å². The lowest BCUT2D eigenvalue weighted by Crippen LogP contribution is -2.04. The van der Waals surface area contributed by atoms with Gasteiger partial charge in [-0.3, -0.25) is 0 Å². The zero-order chi connectivity index (χ0) is 19.0. The Hall–Kier alpha value is -2.88. The van der Waals surface area contributed by atoms with E-state index >= 15 is 0 Å². The standard InChI is InChI=1S/C10H11N7O6S2/c11-8-7(9(12)15-10(13)14-8)17-16-5-2-1-4(24(18,19)20)3-6(5)25(21,22)23/h1-3H,(H,18,19,20)(H,21,22,23)(H6,11,12,13,14,15)/p-2. The third kappa shape index (κ3) is 4.15. The molecule has 0 aliphatic carbocycles. The van der Waals surface area contributed by atoms with Crippen molar-refractivity contribution in [2.45, 2.75) is 9.79 Å². The molecule has 0 unspecified atom stereocenters. The van der Waals surface area contributed by atoms with Crippen molar-refractivity contribution in [3.8, 4) is 0 Å². The number of nitrogen functional groups attached to an aromatic ring is 3. The van der Waals surface area contributed by atoms with Crippen LogP contribution >= 0.6 is 0 Å². The second-order valence-electron chi connectivity index (χ2n) is 4.44. The molecule has 0 saturated carbocycles. The van der Waals surface area contributed by atoms with Gasteiger partial charge in [-0.1, -0.05) is 0 Å². The molecule has 0 atom stereocenters. The number of azo groups is 1. The lowest BCUT2D eigenvalue weighted by molar-refractivity contribution is 0.461. The first kappa shape index (κ1) is 18.5. The van der Waals surface area contributed by atoms with Gasteiger partial charge in [0.15, 0.2) is 17.3 Å². The van der Waals surface area contributed by atoms with Gasteiger partial charge in [0.2, 0.25) is 5.95 Å². The van der Waals surface area contributed by atoms with Gasteiger partial charge in [0.05, 0.1) is 9.79 Å². The lowest BCUT2D eigenvalue weighted by atomic mass is 10.3. The van der Waals surface area contributed by atoms with Crippen LogP contribution in [0, 0.1) is 0 Å². The summed E-state index contributed by atoms with van der Waals surface area (Å²) in [4.78, 5) is 5.16. The fourth-order valence-corrected chi connectivity index (χ4v) is 2.86. The summed E-state index contributed by atoms with van der Waals surface area (Å²) in [5.41, 5.74) is 15.6. The Morgan fingerprint density at radius 2 is 1.44 bits per heavy atom. The molecule has 1 aromatic carbocycles. The number of hydrogen-bond donors (Lipinski definition) is 3. The first-order chi connectivity index (χ1) is 11.4. The van der Waals surface area contributed by atoms with Crippen LogP contribution in [0.4, 0.5) is 29.0 Å². The van der Waals surface area contributed by atoms with Crippen LogP contribution in [-0.4, -0.2) is 35.9 Å². The van der Waals surface area contributed by atoms with Crippen molar-refractivity contribution >= 4 is 49.2 Å². The highest BCUT2D eigenvalue weighted by Gasteiger charge is 2.14. The average molecular weight is 387 g/mol. The van der Waals surface area contributed by atoms with E-state index in [1.807, 2.05) is 0 Å². The van der Waals surface area contributed by atoms with Crippen molar-refractivity contribution in [2.75, 3.05) is 17.2 Å². The maximum atomic E-state index is 11.3. The number of anilines is 3. The Bertz CT molecular complexity index is 1060. The van der Waals surface area contributed by atoms with Gasteiger partial charge in [-0.2, -0.15) is 9.97 Å². The maximum Gasteiger partial charge on any atom is 0.224 e. The SMILES string of the molecule is Nc1nc(N)c(N=Nc2ccc(S(=O)(=O)[O-])cc2S(=O)(=O)[O-])c(N)n1. The van der Waals surface area contributed by atoms with Crippen molar-refractivity contribution in [2.24, 2.45) is 10.2 Å². The van der Waals surface area contributed by atoms with E-state index in [0.717, 1.165) is 12.1 Å². The third-order valence-corrected chi connectivity index (χ3v) is 4.40. The molecule has 0 radical (unpaired) electrons. The van der Waals surface area contributed by atoms with Gasteiger partial charge < -0.3 is 26.3 Å². The summed E-state index contributed by atoms with van der Waals surface area (Å²) < 4.78 is 66.7. The van der Waals surface area contributed by atoms with Gasteiger partial charge in [0, 0.05) is 0 Å². The molecule has 0 amide bonds. The summed E-state index contributed by atoms with van der Waals surface area (Å²) in [7, 11) is -10.2. The number of rotatable bonds is 4. The molecule has 1 aromatic heterocycles. The maximum absolute atomic E-state index is 11.3. The molecule has 2 aromatic rings. The number of nitrogens with zero attached hydrogens (tertiary/aromatic N) is 4. The van der Waals surface area contributed by atoms with E-state index in [4.69, 9.17) is 17.2 Å². The second-order valence-corrected chi connectivity index (χ2v) is 7.17. The molecule has 134 valence electrons. The summed E-state index contributed by atoms with van der Waals surface area (Å²) >= 11 is 0. The summed E-state index contributed by atoms with van der Waals surface area (Å²) in [6.07, 6.45) is 0. The topological polar surface area (TPSA) is 243 Å². The molecule has 13 nitrogen and oxygen atoms in total. The third-order valence-electron chi connectivity index (χ3n) is 2.70. The van der Waals surface area contributed by atoms with Crippen LogP contribution in [0.3, 0.4) is 0 Å². The minimum Gasteiger partial charge on any atom is -0.744 e. The van der Waals surface area contributed by atoms with Crippen LogP contribution in [0.1, 0.15) is 0 Å². The molecule has 6 N–H and O–H groups in total. The predicted molar refractivity (Wildman–Crippen MR) is 81.8 cm³/mol. The molecule has 0 aliphatic rings. The molecule has 0 spiro atoms. The largest absolute Gasteiger partial charge is 0.744 e. The van der Waals surface area contributed by atoms with Crippen LogP contribution < -0.4 is 17.2 Å². The van der Waals surface area contributed by atoms with Crippen molar-refractivity contribution in [3.63, 3.8) is 0 Å². The van der Waals surface area contributed by atoms with E-state index in [1.165, 1.54) is 0 Å². The van der Waals surface area contributed by atoms with Crippen LogP contribution in [0.25, 0.3) is 0 Å². The highest BCUT2D eigenvalue weighted by atomic mass is 32.2. The number of benzene rings is 1. The predicted octanol–water partition coefficient (Wildman–Crippen LogP) is -0.553. The summed E-state index contributed by atoms with van der Waals surface area (Å²) in [5, 5.41) is 7.03. The first-order valence-corrected chi connectivity index (χ1v) is 8.87. The molecule has 1 heterocycles. The number of nitrogens with two attached hydrogens (primary N) is 3. The molecule has 0 aliphatic heterocycles. The highest BCUT2D eigenvalue weighted by Crippen LogP contribution is 2.32. The monoisotopic (exact) mass is 387 g/mol. The number of hydrogen-bond acceptors (Lipinski definition) is 13. The van der Waals surface area contributed by atoms with E-state index in [9.17, 15) is 25.9 Å². The van der Waals surface area contributed by atoms with E-state index in [1.54, 1.807) is 0 Å². The average Bonchev–Trinajstić information content (AvgIpc) is 2.44. The molecular formula is C10H9N7O6S2-2. The molecule has 0 saturated heterocycles. The first-order valence-electron chi connectivity index (χ1n) is 6.05. The Morgan fingerprint density at radius 3 is 1.92 bits per heavy atom. The molecule has 0 bridgehead atoms. The highest BCUT2D eigenvalue weighted by molar-refractivity contribution is 7.86. The molecule has 25 heavy (non-hydrogen) atoms. The Balaban J connectivity index is 2.61. The van der Waals surface area contributed by atoms with E-state index in [0.29, 0.717) is 6.07 Å². The van der Waals surface area contributed by atoms with Crippen molar-refractivity contribution in [1.82, 2.24) is 9.97 Å². The molecule has 15 heteroatoms.